The summed E-state index contributed by atoms with van der Waals surface area (Å²) in [6.07, 6.45) is -15.2. The van der Waals surface area contributed by atoms with Crippen LogP contribution in [0.3, 0.4) is 0 Å². The van der Waals surface area contributed by atoms with Gasteiger partial charge in [-0.25, -0.2) is 16.8 Å². The van der Waals surface area contributed by atoms with Crippen molar-refractivity contribution in [1.29, 1.82) is 0 Å². The second-order valence-electron chi connectivity index (χ2n) is 7.53. The molecule has 0 bridgehead atoms. The predicted octanol–water partition coefficient (Wildman–Crippen LogP) is 6.08. The molecule has 0 heterocycles. The van der Waals surface area contributed by atoms with Crippen LogP contribution in [0.4, 0.5) is 114 Å². The molecule has 0 aromatic rings. The van der Waals surface area contributed by atoms with E-state index in [0.29, 0.717) is 0 Å². The molecular formula is C12BaF26O6S2. The molecule has 0 N–H and O–H groups in total. The van der Waals surface area contributed by atoms with Gasteiger partial charge in [0.2, 0.25) is 0 Å². The summed E-state index contributed by atoms with van der Waals surface area (Å²) in [6.45, 7) is 0. The van der Waals surface area contributed by atoms with Gasteiger partial charge < -0.3 is 9.11 Å². The number of halogens is 26. The zero-order valence-corrected chi connectivity index (χ0v) is 25.9. The topological polar surface area (TPSA) is 114 Å². The number of alkyl halides is 26. The van der Waals surface area contributed by atoms with Crippen LogP contribution in [0.15, 0.2) is 0 Å². The molecule has 0 aromatic heterocycles. The van der Waals surface area contributed by atoms with E-state index in [1.807, 2.05) is 0 Å². The maximum absolute atomic E-state index is 12.7. The van der Waals surface area contributed by atoms with Crippen LogP contribution >= 0.6 is 0 Å². The van der Waals surface area contributed by atoms with E-state index in [1.54, 1.807) is 0 Å². The van der Waals surface area contributed by atoms with Crippen molar-refractivity contribution in [1.82, 2.24) is 0 Å². The first kappa shape index (κ1) is 50.9. The zero-order valence-electron chi connectivity index (χ0n) is 19.8. The smallest absolute Gasteiger partial charge is 0.743 e. The Kier molecular flexibility index (Phi) is 14.1. The second kappa shape index (κ2) is 13.0. The van der Waals surface area contributed by atoms with Crippen molar-refractivity contribution in [3.63, 3.8) is 0 Å². The summed E-state index contributed by atoms with van der Waals surface area (Å²) >= 11 is 0. The molecule has 0 aromatic carbocycles. The van der Waals surface area contributed by atoms with Crippen LogP contribution in [-0.2, 0) is 20.2 Å². The van der Waals surface area contributed by atoms with Gasteiger partial charge in [-0.05, 0) is 0 Å². The predicted molar refractivity (Wildman–Crippen MR) is 86.7 cm³/mol. The normalized spacial score (nSPS) is 16.3. The minimum atomic E-state index is -8.29. The minimum absolute atomic E-state index is 0. The third kappa shape index (κ3) is 7.48. The van der Waals surface area contributed by atoms with Crippen molar-refractivity contribution >= 4 is 69.1 Å². The SMILES string of the molecule is O=S(=O)([O-])C(F)(F)C(F)(F)C(F)(F)C(F)(F)C(F)(F)C(F)(F)F.O=S(=O)([O-])C(F)(F)C(F)(F)C(F)(F)C(F)(F)C(F)(F)C(F)(F)F.[Ba+2]. The third-order valence-corrected chi connectivity index (χ3v) is 6.21. The largest absolute Gasteiger partial charge is 2.00 e. The fraction of sp³-hybridized carbons (Fsp3) is 1.00. The molecule has 0 atom stereocenters. The van der Waals surface area contributed by atoms with Crippen LogP contribution in [0, 0.1) is 0 Å². The van der Waals surface area contributed by atoms with E-state index in [9.17, 15) is 140 Å². The quantitative estimate of drug-likeness (QED) is 0.149. The molecule has 0 saturated carbocycles. The Hall–Kier alpha value is -0.429. The fourth-order valence-corrected chi connectivity index (χ4v) is 2.71. The molecule has 0 amide bonds. The van der Waals surface area contributed by atoms with Crippen molar-refractivity contribution in [2.45, 2.75) is 70.2 Å². The molecule has 0 radical (unpaired) electrons. The monoisotopic (exact) mass is 936 g/mol. The molecule has 35 heteroatoms. The second-order valence-corrected chi connectivity index (χ2v) is 10.4. The van der Waals surface area contributed by atoms with Gasteiger partial charge in [-0.3, -0.25) is 0 Å². The maximum Gasteiger partial charge on any atom is 2.00 e. The van der Waals surface area contributed by atoms with Crippen molar-refractivity contribution < 1.29 is 140 Å². The van der Waals surface area contributed by atoms with Gasteiger partial charge in [-0.15, -0.1) is 0 Å². The van der Waals surface area contributed by atoms with E-state index in [4.69, 9.17) is 0 Å². The summed E-state index contributed by atoms with van der Waals surface area (Å²) in [4.78, 5) is 0. The minimum Gasteiger partial charge on any atom is -0.743 e. The van der Waals surface area contributed by atoms with E-state index >= 15 is 0 Å². The van der Waals surface area contributed by atoms with E-state index in [2.05, 4.69) is 0 Å². The number of hydrogen-bond donors (Lipinski definition) is 0. The van der Waals surface area contributed by atoms with Crippen LogP contribution in [-0.4, -0.2) is 145 Å². The molecule has 0 spiro atoms. The van der Waals surface area contributed by atoms with Gasteiger partial charge in [-0.1, -0.05) is 0 Å². The molecule has 0 aliphatic heterocycles. The summed E-state index contributed by atoms with van der Waals surface area (Å²) in [7, 11) is -15.7. The van der Waals surface area contributed by atoms with Gasteiger partial charge in [0.25, 0.3) is 0 Å². The van der Waals surface area contributed by atoms with Crippen LogP contribution in [0.5, 0.6) is 0 Å². The molecule has 0 aliphatic carbocycles. The summed E-state index contributed by atoms with van der Waals surface area (Å²) < 4.78 is 378. The van der Waals surface area contributed by atoms with Crippen LogP contribution in [0.25, 0.3) is 0 Å². The number of rotatable bonds is 10. The van der Waals surface area contributed by atoms with Gasteiger partial charge in [0.1, 0.15) is 0 Å². The van der Waals surface area contributed by atoms with Crippen molar-refractivity contribution in [3.05, 3.63) is 0 Å². The Morgan fingerprint density at radius 3 is 0.511 bits per heavy atom. The van der Waals surface area contributed by atoms with E-state index in [-0.39, 0.29) is 48.9 Å². The average Bonchev–Trinajstić information content (AvgIpc) is 2.75. The van der Waals surface area contributed by atoms with Crippen molar-refractivity contribution in [2.24, 2.45) is 0 Å². The van der Waals surface area contributed by atoms with Gasteiger partial charge in [0.05, 0.1) is 0 Å². The Balaban J connectivity index is -0.000000807. The zero-order chi connectivity index (χ0) is 39.0. The maximum atomic E-state index is 12.7. The fourth-order valence-electron chi connectivity index (χ4n) is 1.82. The molecule has 280 valence electrons. The first-order chi connectivity index (χ1) is 19.0. The Bertz CT molecular complexity index is 1230. The molecule has 0 fully saturated rings. The first-order valence-corrected chi connectivity index (χ1v) is 11.6. The average molecular weight is 936 g/mol. The summed E-state index contributed by atoms with van der Waals surface area (Å²) in [5, 5.41) is -15.3. The molecule has 0 saturated heterocycles. The summed E-state index contributed by atoms with van der Waals surface area (Å²) in [5.41, 5.74) is 0. The summed E-state index contributed by atoms with van der Waals surface area (Å²) in [5.74, 6) is -65.2. The Labute approximate surface area is 278 Å². The standard InChI is InChI=1S/2C6HF13O3S.Ba/c2*7-1(8,3(11,12)5(15,16)17)2(9,10)4(13,14)6(18,19)23(20,21)22;/h2*(H,20,21,22);/q;;+2/p-2. The Morgan fingerprint density at radius 1 is 0.277 bits per heavy atom. The Morgan fingerprint density at radius 2 is 0.404 bits per heavy atom. The van der Waals surface area contributed by atoms with Crippen molar-refractivity contribution in [2.75, 3.05) is 0 Å². The van der Waals surface area contributed by atoms with Gasteiger partial charge in [0, 0.05) is 0 Å². The number of hydrogen-bond acceptors (Lipinski definition) is 6. The molecule has 47 heavy (non-hydrogen) atoms. The molecule has 6 nitrogen and oxygen atoms in total. The molecular weight excluding hydrogens is 936 g/mol. The first-order valence-electron chi connectivity index (χ1n) is 8.82. The van der Waals surface area contributed by atoms with Gasteiger partial charge in [0.15, 0.2) is 20.2 Å². The molecule has 0 rings (SSSR count). The molecule has 0 aliphatic rings. The van der Waals surface area contributed by atoms with E-state index in [1.165, 1.54) is 0 Å². The summed E-state index contributed by atoms with van der Waals surface area (Å²) in [6, 6.07) is 0. The van der Waals surface area contributed by atoms with Gasteiger partial charge >= 0.3 is 119 Å². The molecule has 0 unspecified atom stereocenters. The van der Waals surface area contributed by atoms with E-state index < -0.39 is 90.5 Å². The van der Waals surface area contributed by atoms with Crippen LogP contribution in [0.2, 0.25) is 0 Å². The van der Waals surface area contributed by atoms with E-state index in [0.717, 1.165) is 0 Å². The van der Waals surface area contributed by atoms with Crippen molar-refractivity contribution in [3.8, 4) is 0 Å². The third-order valence-electron chi connectivity index (χ3n) is 4.44. The van der Waals surface area contributed by atoms with Crippen LogP contribution in [0.1, 0.15) is 0 Å². The van der Waals surface area contributed by atoms with Crippen LogP contribution < -0.4 is 0 Å². The van der Waals surface area contributed by atoms with Gasteiger partial charge in [-0.2, -0.15) is 114 Å².